The highest BCUT2D eigenvalue weighted by atomic mass is 16.5. The number of carboxylic acid groups (broad SMARTS) is 2. The van der Waals surface area contributed by atoms with Gasteiger partial charge in [-0.05, 0) is 96.0 Å². The number of hydrogen-bond acceptors (Lipinski definition) is 16. The number of rotatable bonds is 11. The van der Waals surface area contributed by atoms with Crippen molar-refractivity contribution in [2.24, 2.45) is 10.8 Å². The Balaban J connectivity index is 1.03. The van der Waals surface area contributed by atoms with E-state index < -0.39 is 119 Å². The molecule has 0 radical (unpaired) electrons. The fourth-order valence-electron chi connectivity index (χ4n) is 12.3. The minimum Gasteiger partial charge on any atom is -0.480 e. The third-order valence-electron chi connectivity index (χ3n) is 17.6. The molecular weight excluding hydrogens is 1220 g/mol. The average Bonchev–Trinajstić information content (AvgIpc) is 1.73. The molecule has 0 aliphatic carbocycles. The first-order valence-corrected chi connectivity index (χ1v) is 32.4. The number of aliphatic carboxylic acids is 2. The van der Waals surface area contributed by atoms with E-state index in [-0.39, 0.29) is 103 Å². The summed E-state index contributed by atoms with van der Waals surface area (Å²) in [7, 11) is 1.61. The number of nitrogens with zero attached hydrogens (tertiary/aromatic N) is 8. The van der Waals surface area contributed by atoms with Crippen LogP contribution in [0.5, 0.6) is 0 Å². The predicted octanol–water partition coefficient (Wildman–Crippen LogP) is 3.59. The monoisotopic (exact) mass is 1310 g/mol. The largest absolute Gasteiger partial charge is 0.480 e. The molecule has 95 heavy (non-hydrogen) atoms. The van der Waals surface area contributed by atoms with Gasteiger partial charge in [-0.1, -0.05) is 137 Å². The van der Waals surface area contributed by atoms with Gasteiger partial charge in [0.05, 0.1) is 43.9 Å². The zero-order chi connectivity index (χ0) is 68.3. The molecule has 9 rings (SSSR count). The quantitative estimate of drug-likeness (QED) is 0.0919. The molecule has 5 heterocycles. The lowest BCUT2D eigenvalue weighted by atomic mass is 9.85. The highest BCUT2D eigenvalue weighted by Crippen LogP contribution is 2.31. The number of benzene rings is 4. The molecular formula is C68H88N14O13. The van der Waals surface area contributed by atoms with Gasteiger partial charge in [-0.15, -0.1) is 10.2 Å². The van der Waals surface area contributed by atoms with Crippen LogP contribution in [0.3, 0.4) is 0 Å². The van der Waals surface area contributed by atoms with E-state index in [0.29, 0.717) is 22.5 Å². The van der Waals surface area contributed by atoms with E-state index in [4.69, 9.17) is 9.47 Å². The fourth-order valence-corrected chi connectivity index (χ4v) is 12.3. The Kier molecular flexibility index (Phi) is 22.8. The van der Waals surface area contributed by atoms with Crippen molar-refractivity contribution in [2.45, 2.75) is 193 Å². The molecule has 0 unspecified atom stereocenters. The van der Waals surface area contributed by atoms with Crippen LogP contribution in [0.4, 0.5) is 0 Å². The average molecular weight is 1310 g/mol. The smallest absolute Gasteiger partial charge is 0.326 e. The molecule has 7 amide bonds. The number of fused-ring (bicyclic) bond motifs is 8. The maximum absolute atomic E-state index is 15.3. The van der Waals surface area contributed by atoms with Crippen LogP contribution < -0.4 is 31.9 Å². The highest BCUT2D eigenvalue weighted by Gasteiger charge is 2.49. The van der Waals surface area contributed by atoms with E-state index in [2.05, 4.69) is 52.5 Å². The summed E-state index contributed by atoms with van der Waals surface area (Å²) in [6.45, 7) is 12.8. The van der Waals surface area contributed by atoms with Gasteiger partial charge < -0.3 is 61.4 Å². The maximum Gasteiger partial charge on any atom is 0.326 e. The number of carbonyl (C=O) groups excluding carboxylic acids is 7. The van der Waals surface area contributed by atoms with Crippen molar-refractivity contribution in [1.29, 1.82) is 0 Å². The maximum atomic E-state index is 15.3. The molecule has 27 heteroatoms. The van der Waals surface area contributed by atoms with Gasteiger partial charge in [-0.3, -0.25) is 42.9 Å². The number of likely N-dealkylation sites (tertiary alicyclic amines) is 2. The molecule has 2 aromatic heterocycles. The van der Waals surface area contributed by atoms with E-state index in [1.807, 2.05) is 106 Å². The van der Waals surface area contributed by atoms with E-state index in [9.17, 15) is 48.6 Å². The van der Waals surface area contributed by atoms with Crippen molar-refractivity contribution in [1.82, 2.24) is 71.7 Å². The van der Waals surface area contributed by atoms with Crippen LogP contribution in [-0.4, -0.2) is 184 Å². The molecule has 2 fully saturated rings. The summed E-state index contributed by atoms with van der Waals surface area (Å²) in [6.07, 6.45) is 1.77. The second-order valence-corrected chi connectivity index (χ2v) is 27.3. The van der Waals surface area contributed by atoms with E-state index in [0.717, 1.165) is 21.5 Å². The highest BCUT2D eigenvalue weighted by molar-refractivity contribution is 5.97. The number of aromatic nitrogens is 6. The number of carboxylic acids is 2. The topological polar surface area (TPSA) is 353 Å². The Morgan fingerprint density at radius 3 is 1.46 bits per heavy atom. The van der Waals surface area contributed by atoms with Gasteiger partial charge in [0.1, 0.15) is 53.7 Å². The zero-order valence-corrected chi connectivity index (χ0v) is 55.1. The van der Waals surface area contributed by atoms with Crippen molar-refractivity contribution in [3.05, 3.63) is 120 Å². The Bertz CT molecular complexity index is 3760. The number of carbonyl (C=O) groups is 9. The SMILES string of the molecule is CN[C@@H](C)C(=O)N[C@H](C(=O)N1CC[C@H]2OCc3cn(nn3)CCC[C@H](C(=O)O)NC(=O)[C@H](Cc3ccc4ccccc4c3)NC(=O)[C@@H]3[C@@H](CCN3C(=O)CC(C)(C)C)OCc3cn(nn3)CCC[C@H](C(=O)O)NC(=O)[C@H](Cc3ccc4ccccc4c3)NC(=O)[C@H]21)C(C)(C)C. The lowest BCUT2D eigenvalue weighted by Crippen LogP contribution is -2.62. The fraction of sp³-hybridized carbons (Fsp3) is 0.515. The predicted molar refractivity (Wildman–Crippen MR) is 348 cm³/mol. The first-order chi connectivity index (χ1) is 45.2. The van der Waals surface area contributed by atoms with Crippen molar-refractivity contribution in [3.8, 4) is 0 Å². The molecule has 6 aromatic rings. The molecule has 508 valence electrons. The number of aryl methyl sites for hydroxylation is 2. The normalized spacial score (nSPS) is 23.3. The molecule has 8 N–H and O–H groups in total. The van der Waals surface area contributed by atoms with Crippen LogP contribution in [0.2, 0.25) is 0 Å². The molecule has 3 aliphatic rings. The third kappa shape index (κ3) is 18.4. The van der Waals surface area contributed by atoms with Gasteiger partial charge in [0, 0.05) is 45.4 Å². The van der Waals surface area contributed by atoms with E-state index in [1.165, 1.54) is 19.2 Å². The molecule has 2 saturated heterocycles. The van der Waals surface area contributed by atoms with Crippen LogP contribution in [-0.2, 0) is 91.8 Å². The van der Waals surface area contributed by atoms with Gasteiger partial charge in [-0.2, -0.15) is 0 Å². The standard InChI is InChI=1S/C68H88N14O13/c1-40(69-8)59(84)74-58(68(5,6)7)64(89)82-30-26-54-57(82)63(88)73-52(34-42-22-24-44-16-10-12-18-46(44)32-42)61(86)71-50(66(92)93)20-14-27-79-36-47(75-77-79)38-94-53-25-29-81(55(83)35-67(2,3)4)56(53)62(87)72-51(33-41-21-23-43-15-9-11-17-45(43)31-41)60(85)70-49(65(90)91)19-13-28-80-37-48(39-95-54)76-78-80/h9-12,15-18,21-24,31-32,36-37,40,49-54,56-58,69H,13-14,19-20,25-30,33-35,38-39H2,1-8H3,(H,70,85)(H,71,86)(H,72,87)(H,73,88)(H,74,84)(H,90,91)(H,92,93)/t40-,49+,50+,51-,52-,53+,54+,56-,57-,58+/m0/s1. The van der Waals surface area contributed by atoms with Crippen LogP contribution in [0.25, 0.3) is 21.5 Å². The molecule has 4 aromatic carbocycles. The summed E-state index contributed by atoms with van der Waals surface area (Å²) in [5.41, 5.74) is 0.639. The van der Waals surface area contributed by atoms with Gasteiger partial charge >= 0.3 is 11.9 Å². The molecule has 27 nitrogen and oxygen atoms in total. The van der Waals surface area contributed by atoms with Gasteiger partial charge in [0.2, 0.25) is 41.4 Å². The van der Waals surface area contributed by atoms with Crippen LogP contribution in [0.15, 0.2) is 97.3 Å². The number of likely N-dealkylation sites (N-methyl/N-ethyl adjacent to an activating group) is 1. The summed E-state index contributed by atoms with van der Waals surface area (Å²) in [6, 6.07) is 16.4. The van der Waals surface area contributed by atoms with E-state index in [1.54, 1.807) is 47.1 Å². The molecule has 4 bridgehead atoms. The summed E-state index contributed by atoms with van der Waals surface area (Å²) >= 11 is 0. The number of nitrogens with one attached hydrogen (secondary N) is 6. The van der Waals surface area contributed by atoms with Crippen molar-refractivity contribution < 1.29 is 62.8 Å². The van der Waals surface area contributed by atoms with E-state index >= 15 is 4.79 Å². The third-order valence-corrected chi connectivity index (χ3v) is 17.6. The summed E-state index contributed by atoms with van der Waals surface area (Å²) in [4.78, 5) is 131. The lowest BCUT2D eigenvalue weighted by Gasteiger charge is -2.37. The molecule has 10 atom stereocenters. The van der Waals surface area contributed by atoms with Gasteiger partial charge in [0.25, 0.3) is 0 Å². The van der Waals surface area contributed by atoms with Crippen LogP contribution >= 0.6 is 0 Å². The minimum atomic E-state index is -1.45. The number of ether oxygens (including phenoxy) is 2. The Hall–Kier alpha value is -9.21. The van der Waals surface area contributed by atoms with Gasteiger partial charge in [0.15, 0.2) is 0 Å². The summed E-state index contributed by atoms with van der Waals surface area (Å²) in [5, 5.41) is 58.8. The van der Waals surface area contributed by atoms with Crippen molar-refractivity contribution in [3.63, 3.8) is 0 Å². The Morgan fingerprint density at radius 2 is 1.03 bits per heavy atom. The van der Waals surface area contributed by atoms with Crippen molar-refractivity contribution in [2.75, 3.05) is 20.1 Å². The number of hydrogen-bond donors (Lipinski definition) is 8. The first kappa shape index (κ1) is 70.1. The van der Waals surface area contributed by atoms with Crippen LogP contribution in [0.1, 0.15) is 116 Å². The molecule has 0 spiro atoms. The second-order valence-electron chi connectivity index (χ2n) is 27.3. The number of amides is 7. The van der Waals surface area contributed by atoms with Crippen LogP contribution in [0, 0.1) is 10.8 Å². The molecule has 0 saturated carbocycles. The first-order valence-electron chi connectivity index (χ1n) is 32.4. The second kappa shape index (κ2) is 30.9. The molecule has 3 aliphatic heterocycles. The summed E-state index contributed by atoms with van der Waals surface area (Å²) in [5.74, 6) is -7.06. The summed E-state index contributed by atoms with van der Waals surface area (Å²) < 4.78 is 15.8. The van der Waals surface area contributed by atoms with Gasteiger partial charge in [-0.25, -0.2) is 9.59 Å². The minimum absolute atomic E-state index is 0.00260. The Morgan fingerprint density at radius 1 is 0.589 bits per heavy atom. The van der Waals surface area contributed by atoms with Crippen molar-refractivity contribution >= 4 is 74.8 Å². The lowest BCUT2D eigenvalue weighted by molar-refractivity contribution is -0.147. The zero-order valence-electron chi connectivity index (χ0n) is 55.1. The Labute approximate surface area is 551 Å².